The zero-order valence-electron chi connectivity index (χ0n) is 13.3. The van der Waals surface area contributed by atoms with Gasteiger partial charge >= 0.3 is 23.9 Å². The minimum Gasteiger partial charge on any atom is -0.468 e. The SMILES string of the molecule is COC(=O)C1=C(C)O[C@]2(C)OC(=O)[C@H](C(=O)OC)[C@]12C(=O)OC. The minimum absolute atomic E-state index is 0.00819. The molecule has 0 N–H and O–H groups in total. The van der Waals surface area contributed by atoms with E-state index in [2.05, 4.69) is 9.47 Å². The predicted octanol–water partition coefficient (Wildman–Crippen LogP) is -0.315. The fraction of sp³-hybridized carbons (Fsp3) is 0.571. The number of ether oxygens (including phenoxy) is 5. The van der Waals surface area contributed by atoms with Crippen LogP contribution in [0.25, 0.3) is 0 Å². The summed E-state index contributed by atoms with van der Waals surface area (Å²) in [5.41, 5.74) is -2.46. The molecule has 0 saturated carbocycles. The van der Waals surface area contributed by atoms with Crippen molar-refractivity contribution in [2.75, 3.05) is 21.3 Å². The zero-order valence-corrected chi connectivity index (χ0v) is 13.3. The molecule has 2 aliphatic rings. The summed E-state index contributed by atoms with van der Waals surface area (Å²) in [6.45, 7) is 2.66. The average molecular weight is 328 g/mol. The predicted molar refractivity (Wildman–Crippen MR) is 70.3 cm³/mol. The van der Waals surface area contributed by atoms with Crippen molar-refractivity contribution >= 4 is 23.9 Å². The maximum Gasteiger partial charge on any atom is 0.338 e. The standard InChI is InChI=1S/C14H16O9/c1-6-7(9(15)19-3)14(12(18)21-5)8(10(16)20-4)11(17)23-13(14,2)22-6/h8H,1-5H3/t8-,13+,14-/m0/s1. The van der Waals surface area contributed by atoms with Crippen LogP contribution in [-0.2, 0) is 42.9 Å². The number of esters is 4. The molecule has 0 amide bonds. The van der Waals surface area contributed by atoms with Gasteiger partial charge in [0.25, 0.3) is 5.79 Å². The molecule has 9 heteroatoms. The Morgan fingerprint density at radius 2 is 1.65 bits per heavy atom. The van der Waals surface area contributed by atoms with E-state index < -0.39 is 41.0 Å². The summed E-state index contributed by atoms with van der Waals surface area (Å²) in [6, 6.07) is 0. The van der Waals surface area contributed by atoms with Crippen LogP contribution in [0.2, 0.25) is 0 Å². The molecule has 0 spiro atoms. The van der Waals surface area contributed by atoms with Crippen molar-refractivity contribution in [1.29, 1.82) is 0 Å². The van der Waals surface area contributed by atoms with Gasteiger partial charge in [-0.2, -0.15) is 0 Å². The van der Waals surface area contributed by atoms with Crippen molar-refractivity contribution < 1.29 is 42.9 Å². The monoisotopic (exact) mass is 328 g/mol. The number of allylic oxidation sites excluding steroid dienone is 1. The molecular formula is C14H16O9. The number of carbonyl (C=O) groups excluding carboxylic acids is 4. The van der Waals surface area contributed by atoms with Crippen LogP contribution >= 0.6 is 0 Å². The number of fused-ring (bicyclic) bond motifs is 1. The fourth-order valence-electron chi connectivity index (χ4n) is 3.23. The molecule has 1 fully saturated rings. The molecule has 9 nitrogen and oxygen atoms in total. The second kappa shape index (κ2) is 5.25. The number of carbonyl (C=O) groups is 4. The molecule has 0 unspecified atom stereocenters. The van der Waals surface area contributed by atoms with Crippen molar-refractivity contribution in [2.24, 2.45) is 11.3 Å². The van der Waals surface area contributed by atoms with Gasteiger partial charge in [-0.1, -0.05) is 0 Å². The highest BCUT2D eigenvalue weighted by atomic mass is 16.7. The smallest absolute Gasteiger partial charge is 0.338 e. The number of rotatable bonds is 3. The van der Waals surface area contributed by atoms with E-state index in [0.29, 0.717) is 0 Å². The van der Waals surface area contributed by atoms with Gasteiger partial charge in [0.15, 0.2) is 5.92 Å². The number of hydrogen-bond donors (Lipinski definition) is 0. The lowest BCUT2D eigenvalue weighted by Crippen LogP contribution is -2.54. The Hall–Kier alpha value is -2.58. The van der Waals surface area contributed by atoms with Crippen molar-refractivity contribution in [1.82, 2.24) is 0 Å². The second-order valence-electron chi connectivity index (χ2n) is 5.15. The van der Waals surface area contributed by atoms with E-state index in [4.69, 9.17) is 14.2 Å². The van der Waals surface area contributed by atoms with E-state index >= 15 is 0 Å². The van der Waals surface area contributed by atoms with Crippen LogP contribution in [0.5, 0.6) is 0 Å². The summed E-state index contributed by atoms with van der Waals surface area (Å²) in [5, 5.41) is 0. The van der Waals surface area contributed by atoms with Crippen LogP contribution in [0.1, 0.15) is 13.8 Å². The first kappa shape index (κ1) is 16.8. The van der Waals surface area contributed by atoms with Crippen molar-refractivity contribution in [3.63, 3.8) is 0 Å². The normalized spacial score (nSPS) is 31.9. The van der Waals surface area contributed by atoms with E-state index in [-0.39, 0.29) is 11.3 Å². The molecule has 0 radical (unpaired) electrons. The Labute approximate surface area is 131 Å². The van der Waals surface area contributed by atoms with E-state index in [0.717, 1.165) is 21.3 Å². The molecule has 3 atom stereocenters. The van der Waals surface area contributed by atoms with Crippen molar-refractivity contribution in [2.45, 2.75) is 19.6 Å². The first-order chi connectivity index (χ1) is 10.7. The average Bonchev–Trinajstić information content (AvgIpc) is 2.86. The quantitative estimate of drug-likeness (QED) is 0.390. The summed E-state index contributed by atoms with van der Waals surface area (Å²) in [6.07, 6.45) is 0. The Morgan fingerprint density at radius 1 is 1.04 bits per heavy atom. The molecule has 0 aromatic rings. The van der Waals surface area contributed by atoms with E-state index in [1.54, 1.807) is 0 Å². The minimum atomic E-state index is -2.15. The maximum atomic E-state index is 12.6. The Kier molecular flexibility index (Phi) is 3.83. The third kappa shape index (κ3) is 1.85. The van der Waals surface area contributed by atoms with Crippen LogP contribution < -0.4 is 0 Å². The first-order valence-electron chi connectivity index (χ1n) is 6.59. The molecule has 1 saturated heterocycles. The highest BCUT2D eigenvalue weighted by Gasteiger charge is 2.80. The van der Waals surface area contributed by atoms with Crippen LogP contribution in [0.15, 0.2) is 11.3 Å². The first-order valence-corrected chi connectivity index (χ1v) is 6.59. The fourth-order valence-corrected chi connectivity index (χ4v) is 3.23. The van der Waals surface area contributed by atoms with Gasteiger partial charge in [-0.15, -0.1) is 0 Å². The molecule has 0 aromatic carbocycles. The second-order valence-corrected chi connectivity index (χ2v) is 5.15. The largest absolute Gasteiger partial charge is 0.468 e. The summed E-state index contributed by atoms with van der Waals surface area (Å²) in [5.74, 6) is -7.78. The third-order valence-corrected chi connectivity index (χ3v) is 4.11. The lowest BCUT2D eigenvalue weighted by Gasteiger charge is -2.33. The van der Waals surface area contributed by atoms with Gasteiger partial charge < -0.3 is 23.7 Å². The molecule has 0 bridgehead atoms. The van der Waals surface area contributed by atoms with Crippen molar-refractivity contribution in [3.8, 4) is 0 Å². The summed E-state index contributed by atoms with van der Waals surface area (Å²) >= 11 is 0. The molecule has 2 heterocycles. The summed E-state index contributed by atoms with van der Waals surface area (Å²) in [7, 11) is 3.19. The van der Waals surface area contributed by atoms with Gasteiger partial charge in [0, 0.05) is 6.92 Å². The molecule has 0 aliphatic carbocycles. The Bertz CT molecular complexity index is 634. The topological polar surface area (TPSA) is 114 Å². The van der Waals surface area contributed by atoms with E-state index in [9.17, 15) is 19.2 Å². The highest BCUT2D eigenvalue weighted by molar-refractivity contribution is 6.11. The lowest BCUT2D eigenvalue weighted by molar-refractivity contribution is -0.212. The Balaban J connectivity index is 2.82. The molecule has 0 aromatic heterocycles. The van der Waals surface area contributed by atoms with Gasteiger partial charge in [-0.3, -0.25) is 14.4 Å². The van der Waals surface area contributed by atoms with Crippen LogP contribution in [0.4, 0.5) is 0 Å². The molecule has 2 aliphatic heterocycles. The van der Waals surface area contributed by atoms with E-state index in [1.165, 1.54) is 13.8 Å². The highest BCUT2D eigenvalue weighted by Crippen LogP contribution is 2.60. The summed E-state index contributed by atoms with van der Waals surface area (Å²) in [4.78, 5) is 49.1. The lowest BCUT2D eigenvalue weighted by atomic mass is 9.67. The van der Waals surface area contributed by atoms with Crippen molar-refractivity contribution in [3.05, 3.63) is 11.3 Å². The van der Waals surface area contributed by atoms with Gasteiger partial charge in [0.2, 0.25) is 5.41 Å². The molecule has 126 valence electrons. The Morgan fingerprint density at radius 3 is 2.13 bits per heavy atom. The molecule has 2 rings (SSSR count). The van der Waals surface area contributed by atoms with Crippen LogP contribution in [-0.4, -0.2) is 51.0 Å². The van der Waals surface area contributed by atoms with Crippen LogP contribution in [0.3, 0.4) is 0 Å². The zero-order chi connectivity index (χ0) is 17.6. The maximum absolute atomic E-state index is 12.6. The third-order valence-electron chi connectivity index (χ3n) is 4.11. The summed E-state index contributed by atoms with van der Waals surface area (Å²) < 4.78 is 24.6. The number of methoxy groups -OCH3 is 3. The van der Waals surface area contributed by atoms with Crippen LogP contribution in [0, 0.1) is 11.3 Å². The number of hydrogen-bond acceptors (Lipinski definition) is 9. The molecular weight excluding hydrogens is 312 g/mol. The van der Waals surface area contributed by atoms with Gasteiger partial charge in [0.1, 0.15) is 11.3 Å². The van der Waals surface area contributed by atoms with E-state index in [1.807, 2.05) is 0 Å². The van der Waals surface area contributed by atoms with Gasteiger partial charge in [-0.05, 0) is 6.92 Å². The van der Waals surface area contributed by atoms with Gasteiger partial charge in [-0.25, -0.2) is 4.79 Å². The molecule has 23 heavy (non-hydrogen) atoms. The van der Waals surface area contributed by atoms with Gasteiger partial charge in [0.05, 0.1) is 21.3 Å².